The Kier molecular flexibility index (Phi) is 4.91. The summed E-state index contributed by atoms with van der Waals surface area (Å²) in [7, 11) is 1.76. The molecular weight excluding hydrogens is 382 g/mol. The fraction of sp³-hybridized carbons (Fsp3) is 0.167. The van der Waals surface area contributed by atoms with Gasteiger partial charge in [-0.1, -0.05) is 30.3 Å². The predicted octanol–water partition coefficient (Wildman–Crippen LogP) is 4.65. The van der Waals surface area contributed by atoms with Crippen molar-refractivity contribution in [2.75, 3.05) is 7.05 Å². The summed E-state index contributed by atoms with van der Waals surface area (Å²) in [6.07, 6.45) is 0. The van der Waals surface area contributed by atoms with Crippen LogP contribution in [0.4, 0.5) is 0 Å². The molecule has 30 heavy (non-hydrogen) atoms. The monoisotopic (exact) mass is 403 g/mol. The highest BCUT2D eigenvalue weighted by Gasteiger charge is 2.19. The van der Waals surface area contributed by atoms with Gasteiger partial charge in [-0.15, -0.1) is 0 Å². The number of hydrogen-bond donors (Lipinski definition) is 1. The average Bonchev–Trinajstić information content (AvgIpc) is 3.18. The van der Waals surface area contributed by atoms with Gasteiger partial charge in [0.25, 0.3) is 5.91 Å². The Morgan fingerprint density at radius 1 is 1.00 bits per heavy atom. The van der Waals surface area contributed by atoms with Crippen LogP contribution in [-0.2, 0) is 6.54 Å². The van der Waals surface area contributed by atoms with Crippen molar-refractivity contribution in [3.8, 4) is 17.3 Å². The number of fused-ring (bicyclic) bond motifs is 1. The molecule has 152 valence electrons. The van der Waals surface area contributed by atoms with Crippen LogP contribution in [0, 0.1) is 13.8 Å². The van der Waals surface area contributed by atoms with E-state index in [4.69, 9.17) is 8.83 Å². The van der Waals surface area contributed by atoms with Crippen LogP contribution in [0.15, 0.2) is 68.2 Å². The Morgan fingerprint density at radius 2 is 1.73 bits per heavy atom. The molecular formula is C24H21NO5. The first kappa shape index (κ1) is 19.5. The first-order valence-electron chi connectivity index (χ1n) is 9.52. The Morgan fingerprint density at radius 3 is 2.47 bits per heavy atom. The van der Waals surface area contributed by atoms with Crippen LogP contribution >= 0.6 is 0 Å². The fourth-order valence-electron chi connectivity index (χ4n) is 3.40. The van der Waals surface area contributed by atoms with Crippen LogP contribution in [-0.4, -0.2) is 23.0 Å². The number of amides is 1. The molecule has 0 saturated carbocycles. The van der Waals surface area contributed by atoms with Crippen LogP contribution in [0.5, 0.6) is 5.75 Å². The number of hydrogen-bond acceptors (Lipinski definition) is 5. The Hall–Kier alpha value is -3.80. The van der Waals surface area contributed by atoms with Gasteiger partial charge in [0, 0.05) is 30.1 Å². The highest BCUT2D eigenvalue weighted by Crippen LogP contribution is 2.34. The van der Waals surface area contributed by atoms with Gasteiger partial charge in [0.15, 0.2) is 11.5 Å². The van der Waals surface area contributed by atoms with Gasteiger partial charge in [-0.2, -0.15) is 0 Å². The van der Waals surface area contributed by atoms with Crippen molar-refractivity contribution in [3.05, 3.63) is 87.3 Å². The van der Waals surface area contributed by atoms with E-state index in [1.54, 1.807) is 43.1 Å². The summed E-state index contributed by atoms with van der Waals surface area (Å²) in [4.78, 5) is 26.5. The van der Waals surface area contributed by atoms with E-state index in [2.05, 4.69) is 0 Å². The third kappa shape index (κ3) is 3.48. The third-order valence-corrected chi connectivity index (χ3v) is 5.15. The molecule has 0 aliphatic heterocycles. The molecule has 6 nitrogen and oxygen atoms in total. The summed E-state index contributed by atoms with van der Waals surface area (Å²) < 4.78 is 11.1. The van der Waals surface area contributed by atoms with E-state index in [0.29, 0.717) is 34.4 Å². The van der Waals surface area contributed by atoms with Gasteiger partial charge in [0.05, 0.1) is 5.56 Å². The lowest BCUT2D eigenvalue weighted by molar-refractivity contribution is 0.0785. The average molecular weight is 403 g/mol. The molecule has 2 aromatic carbocycles. The van der Waals surface area contributed by atoms with E-state index in [-0.39, 0.29) is 23.0 Å². The fourth-order valence-corrected chi connectivity index (χ4v) is 3.40. The second-order valence-electron chi connectivity index (χ2n) is 7.33. The number of aromatic hydroxyl groups is 1. The normalized spacial score (nSPS) is 11.0. The van der Waals surface area contributed by atoms with Crippen molar-refractivity contribution in [3.63, 3.8) is 0 Å². The topological polar surface area (TPSA) is 83.9 Å². The van der Waals surface area contributed by atoms with Gasteiger partial charge in [0.1, 0.15) is 11.3 Å². The van der Waals surface area contributed by atoms with Crippen LogP contribution in [0.1, 0.15) is 27.0 Å². The zero-order valence-electron chi connectivity index (χ0n) is 16.9. The first-order chi connectivity index (χ1) is 14.3. The lowest BCUT2D eigenvalue weighted by atomic mass is 10.1. The molecule has 0 fully saturated rings. The smallest absolute Gasteiger partial charge is 0.343 e. The maximum atomic E-state index is 12.9. The third-order valence-electron chi connectivity index (χ3n) is 5.15. The molecule has 0 unspecified atom stereocenters. The maximum absolute atomic E-state index is 12.9. The van der Waals surface area contributed by atoms with E-state index in [9.17, 15) is 14.7 Å². The van der Waals surface area contributed by atoms with E-state index in [0.717, 1.165) is 5.56 Å². The lowest BCUT2D eigenvalue weighted by Gasteiger charge is -2.17. The van der Waals surface area contributed by atoms with E-state index >= 15 is 0 Å². The number of benzene rings is 2. The first-order valence-corrected chi connectivity index (χ1v) is 9.52. The van der Waals surface area contributed by atoms with Crippen LogP contribution in [0.3, 0.4) is 0 Å². The standard InChI is InChI=1S/C24H21NO5/c1-14-21(26)15(2)24(28)30-22(14)20-12-18-11-17(9-10-19(18)29-20)23(27)25(3)13-16-7-5-4-6-8-16/h4-12,26H,13H2,1-3H3. The van der Waals surface area contributed by atoms with Gasteiger partial charge in [-0.05, 0) is 43.7 Å². The maximum Gasteiger partial charge on any atom is 0.343 e. The second kappa shape index (κ2) is 7.55. The molecule has 0 radical (unpaired) electrons. The Labute approximate surface area is 173 Å². The zero-order valence-corrected chi connectivity index (χ0v) is 16.9. The molecule has 4 aromatic rings. The molecule has 6 heteroatoms. The summed E-state index contributed by atoms with van der Waals surface area (Å²) in [6, 6.07) is 16.6. The molecule has 0 aliphatic carbocycles. The van der Waals surface area contributed by atoms with E-state index < -0.39 is 5.63 Å². The van der Waals surface area contributed by atoms with Crippen molar-refractivity contribution in [2.45, 2.75) is 20.4 Å². The molecule has 0 saturated heterocycles. The van der Waals surface area contributed by atoms with Gasteiger partial charge >= 0.3 is 5.63 Å². The Balaban J connectivity index is 1.66. The van der Waals surface area contributed by atoms with Crippen LogP contribution in [0.2, 0.25) is 0 Å². The molecule has 0 atom stereocenters. The summed E-state index contributed by atoms with van der Waals surface area (Å²) in [5, 5.41) is 10.9. The molecule has 2 heterocycles. The van der Waals surface area contributed by atoms with E-state index in [1.165, 1.54) is 6.92 Å². The summed E-state index contributed by atoms with van der Waals surface area (Å²) in [5.74, 6) is 0.268. The predicted molar refractivity (Wildman–Crippen MR) is 114 cm³/mol. The molecule has 0 aliphatic rings. The summed E-state index contributed by atoms with van der Waals surface area (Å²) >= 11 is 0. The van der Waals surface area contributed by atoms with Gasteiger partial charge in [-0.3, -0.25) is 4.79 Å². The molecule has 4 rings (SSSR count). The minimum absolute atomic E-state index is 0.111. The van der Waals surface area contributed by atoms with E-state index in [1.807, 2.05) is 30.3 Å². The zero-order chi connectivity index (χ0) is 21.4. The number of rotatable bonds is 4. The molecule has 0 bridgehead atoms. The molecule has 2 aromatic heterocycles. The van der Waals surface area contributed by atoms with Gasteiger partial charge < -0.3 is 18.8 Å². The number of nitrogens with zero attached hydrogens (tertiary/aromatic N) is 1. The van der Waals surface area contributed by atoms with Crippen molar-refractivity contribution in [1.29, 1.82) is 0 Å². The SMILES string of the molecule is Cc1c(-c2cc3cc(C(=O)N(C)Cc4ccccc4)ccc3o2)oc(=O)c(C)c1O. The minimum Gasteiger partial charge on any atom is -0.507 e. The Bertz CT molecular complexity index is 1300. The molecule has 0 spiro atoms. The van der Waals surface area contributed by atoms with Crippen LogP contribution < -0.4 is 5.63 Å². The number of furan rings is 1. The summed E-state index contributed by atoms with van der Waals surface area (Å²) in [6.45, 7) is 3.66. The van der Waals surface area contributed by atoms with Gasteiger partial charge in [-0.25, -0.2) is 4.79 Å². The second-order valence-corrected chi connectivity index (χ2v) is 7.33. The molecule has 1 amide bonds. The van der Waals surface area contributed by atoms with Crippen molar-refractivity contribution in [1.82, 2.24) is 4.90 Å². The number of carbonyl (C=O) groups is 1. The van der Waals surface area contributed by atoms with Crippen LogP contribution in [0.25, 0.3) is 22.5 Å². The minimum atomic E-state index is -0.619. The highest BCUT2D eigenvalue weighted by atomic mass is 16.4. The quantitative estimate of drug-likeness (QED) is 0.536. The number of carbonyl (C=O) groups excluding carboxylic acids is 1. The van der Waals surface area contributed by atoms with Crippen molar-refractivity contribution in [2.24, 2.45) is 0 Å². The van der Waals surface area contributed by atoms with Crippen molar-refractivity contribution >= 4 is 16.9 Å². The van der Waals surface area contributed by atoms with Gasteiger partial charge in [0.2, 0.25) is 0 Å². The summed E-state index contributed by atoms with van der Waals surface area (Å²) in [5.41, 5.74) is 2.08. The van der Waals surface area contributed by atoms with Crippen molar-refractivity contribution < 1.29 is 18.7 Å². The molecule has 1 N–H and O–H groups in total. The lowest BCUT2D eigenvalue weighted by Crippen LogP contribution is -2.26. The highest BCUT2D eigenvalue weighted by molar-refractivity contribution is 5.98. The largest absolute Gasteiger partial charge is 0.507 e.